The lowest BCUT2D eigenvalue weighted by molar-refractivity contribution is -0.176. The fraction of sp³-hybridized carbons (Fsp3) is 0.0118. The number of rotatable bonds is 8. The number of halogens is 6. The minimum absolute atomic E-state index is 0. The van der Waals surface area contributed by atoms with Gasteiger partial charge in [0.25, 0.3) is 0 Å². The fourth-order valence-corrected chi connectivity index (χ4v) is 23.9. The molecule has 106 heavy (non-hydrogen) atoms. The Morgan fingerprint density at radius 3 is 1.27 bits per heavy atom. The Morgan fingerprint density at radius 1 is 0.358 bits per heavy atom. The van der Waals surface area contributed by atoms with Gasteiger partial charge in [0.1, 0.15) is 63.5 Å². The zero-order valence-corrected chi connectivity index (χ0v) is 67.3. The highest BCUT2D eigenvalue weighted by Crippen LogP contribution is 2.58. The van der Waals surface area contributed by atoms with E-state index >= 15 is 0 Å². The minimum atomic E-state index is -3.21. The second kappa shape index (κ2) is 36.5. The fourth-order valence-electron chi connectivity index (χ4n) is 11.6. The van der Waals surface area contributed by atoms with Crippen LogP contribution < -0.4 is 35.4 Å². The summed E-state index contributed by atoms with van der Waals surface area (Å²) in [6.45, 7) is -0.951. The third-order valence-corrected chi connectivity index (χ3v) is 30.5. The van der Waals surface area contributed by atoms with Crippen LogP contribution in [-0.4, -0.2) is 10.5 Å². The summed E-state index contributed by atoms with van der Waals surface area (Å²) in [5, 5.41) is 23.8. The first-order valence-electron chi connectivity index (χ1n) is 32.4. The van der Waals surface area contributed by atoms with Crippen LogP contribution in [0, 0.1) is 0 Å². The van der Waals surface area contributed by atoms with Crippen molar-refractivity contribution in [3.63, 3.8) is 0 Å². The molecule has 0 radical (unpaired) electrons. The van der Waals surface area contributed by atoms with Crippen molar-refractivity contribution < 1.29 is 47.1 Å². The van der Waals surface area contributed by atoms with Gasteiger partial charge in [-0.1, -0.05) is 280 Å². The summed E-state index contributed by atoms with van der Waals surface area (Å²) in [4.78, 5) is 0. The lowest BCUT2D eigenvalue weighted by Gasteiger charge is -2.28. The van der Waals surface area contributed by atoms with Gasteiger partial charge in [0.05, 0.1) is 28.5 Å². The third-order valence-electron chi connectivity index (χ3n) is 16.4. The molecular formula is C85H62Br4Cl2O10P5+. The van der Waals surface area contributed by atoms with Gasteiger partial charge in [-0.15, -0.1) is 0 Å². The standard InChI is InChI=1S/C30H20O2P2.C24H15O4P2.C18H10Br4O2.C6H5Cl2P.C6H6.CH4.H2O2/c1-3-11-21(12-4-1)33-27-17-9-7-15-23(27)31-25-19-26-30(20-29(25)33)34(22-13-5-2-6-14-22)28-18-10-8-16-24(28)32-26;25-29-21-12-6-4-10-17(21)27-19-14-20-24(15-22(19)29)30(26,16-8-2-1-3-9-16)23-13-7-5-11-18(23)28-20;19-11-5-1-3-7-15(11)23-17-10-18(14(22)9-13(17)21)24-16-8-4-2-6-12(16)20;7-9(8)6-4-2-1-3-5-6;1-2-4-6-5-3-1;;1-2/h1-20H;1-15H;1-10H;1-5H;1-6H;1H4;1-2H/q;+1;;;;;. The van der Waals surface area contributed by atoms with E-state index in [9.17, 15) is 9.13 Å². The normalized spacial score (nSPS) is 12.9. The second-order valence-electron chi connectivity index (χ2n) is 22.9. The van der Waals surface area contributed by atoms with Gasteiger partial charge in [-0.2, -0.15) is 0 Å². The summed E-state index contributed by atoms with van der Waals surface area (Å²) in [5.74, 6) is 3.82. The van der Waals surface area contributed by atoms with Gasteiger partial charge in [0.2, 0.25) is 10.2 Å². The van der Waals surface area contributed by atoms with Crippen LogP contribution in [0.5, 0.6) is 34.5 Å². The van der Waals surface area contributed by atoms with Crippen LogP contribution in [0.15, 0.2) is 371 Å². The lowest BCUT2D eigenvalue weighted by Crippen LogP contribution is -2.30. The Morgan fingerprint density at radius 2 is 0.774 bits per heavy atom. The summed E-state index contributed by atoms with van der Waals surface area (Å²) in [6.07, 6.45) is 0. The zero-order chi connectivity index (χ0) is 72.8. The van der Waals surface area contributed by atoms with E-state index in [0.717, 1.165) is 57.0 Å². The Balaban J connectivity index is 0.000000135. The quantitative estimate of drug-likeness (QED) is 0.0653. The Labute approximate surface area is 659 Å². The first-order valence-corrected chi connectivity index (χ1v) is 44.3. The molecule has 21 heteroatoms. The van der Waals surface area contributed by atoms with E-state index in [1.807, 2.05) is 206 Å². The molecule has 0 spiro atoms. The van der Waals surface area contributed by atoms with E-state index in [-0.39, 0.29) is 7.43 Å². The average molecular weight is 1790 g/mol. The van der Waals surface area contributed by atoms with Gasteiger partial charge in [-0.25, -0.2) is 0 Å². The van der Waals surface area contributed by atoms with E-state index in [1.54, 1.807) is 24.3 Å². The summed E-state index contributed by atoms with van der Waals surface area (Å²) in [5.41, 5.74) is 4.73. The molecule has 1 aliphatic rings. The molecule has 0 saturated carbocycles. The molecule has 0 amide bonds. The van der Waals surface area contributed by atoms with Gasteiger partial charge in [-0.3, -0.25) is 10.5 Å². The average Bonchev–Trinajstić information content (AvgIpc) is 0.758. The Bertz CT molecular complexity index is 5820. The Hall–Kier alpha value is -8.34. The molecule has 0 fully saturated rings. The molecule has 10 nitrogen and oxygen atoms in total. The van der Waals surface area contributed by atoms with Crippen molar-refractivity contribution in [2.45, 2.75) is 7.43 Å². The molecule has 2 N–H and O–H groups in total. The van der Waals surface area contributed by atoms with E-state index in [2.05, 4.69) is 173 Å². The molecule has 4 unspecified atom stereocenters. The van der Waals surface area contributed by atoms with Crippen LogP contribution in [-0.2, 0) is 9.13 Å². The van der Waals surface area contributed by atoms with Crippen LogP contribution >= 0.6 is 122 Å². The van der Waals surface area contributed by atoms with Crippen LogP contribution in [0.1, 0.15) is 7.43 Å². The lowest BCUT2D eigenvalue weighted by atomic mass is 10.3. The highest BCUT2D eigenvalue weighted by molar-refractivity contribution is 9.11. The van der Waals surface area contributed by atoms with Gasteiger partial charge in [-0.05, 0) is 159 Å². The maximum atomic E-state index is 14.7. The first-order chi connectivity index (χ1) is 51.4. The topological polar surface area (TPSA) is 142 Å². The van der Waals surface area contributed by atoms with E-state index < -0.39 is 36.2 Å². The second-order valence-corrected chi connectivity index (χ2v) is 38.4. The van der Waals surface area contributed by atoms with Crippen molar-refractivity contribution in [1.29, 1.82) is 0 Å². The molecule has 0 saturated heterocycles. The van der Waals surface area contributed by atoms with Gasteiger partial charge < -0.3 is 32.0 Å². The minimum Gasteiger partial charge on any atom is -0.456 e. The zero-order valence-electron chi connectivity index (χ0n) is 55.0. The summed E-state index contributed by atoms with van der Waals surface area (Å²) in [6, 6.07) is 111. The number of para-hydroxylation sites is 6. The maximum Gasteiger partial charge on any atom is 0.423 e. The maximum absolute atomic E-state index is 14.7. The molecule has 18 rings (SSSR count). The Kier molecular flexibility index (Phi) is 26.6. The SMILES string of the molecule is Brc1ccccc1Oc1cc(Oc2ccccc2Br)c(Br)cc1Br.C.ClP(Cl)c1ccccc1.O=[p+]1c2ccccc2oc2cc3c(cc21)P(=O)(c1ccccc1)c1ccccc1O3.OO.c1ccc(-p2c3ccccc3oc3cc4oc5ccccc5p(-c5ccccc5)c4cc32)cc1.c1ccccc1. The number of fused-ring (bicyclic) bond motifs is 8. The monoisotopic (exact) mass is 1780 g/mol. The molecule has 528 valence electrons. The third kappa shape index (κ3) is 17.4. The molecule has 1 aliphatic heterocycles. The summed E-state index contributed by atoms with van der Waals surface area (Å²) >= 11 is 25.3. The molecule has 3 aromatic heterocycles. The summed E-state index contributed by atoms with van der Waals surface area (Å²) in [7, 11) is -6.56. The van der Waals surface area contributed by atoms with Crippen LogP contribution in [0.3, 0.4) is 0 Å². The molecule has 0 aliphatic carbocycles. The van der Waals surface area contributed by atoms with Crippen molar-refractivity contribution in [3.05, 3.63) is 358 Å². The number of ether oxygens (including phenoxy) is 3. The molecule has 14 aromatic carbocycles. The van der Waals surface area contributed by atoms with Crippen molar-refractivity contribution in [3.8, 4) is 45.1 Å². The summed E-state index contributed by atoms with van der Waals surface area (Å²) < 4.78 is 68.5. The van der Waals surface area contributed by atoms with Crippen molar-refractivity contribution in [1.82, 2.24) is 0 Å². The van der Waals surface area contributed by atoms with Gasteiger partial charge in [0.15, 0.2) is 18.3 Å². The smallest absolute Gasteiger partial charge is 0.423 e. The highest BCUT2D eigenvalue weighted by Gasteiger charge is 2.41. The van der Waals surface area contributed by atoms with Gasteiger partial charge in [0, 0.05) is 55.3 Å². The van der Waals surface area contributed by atoms with Gasteiger partial charge >= 0.3 is 7.41 Å². The van der Waals surface area contributed by atoms with Crippen LogP contribution in [0.4, 0.5) is 0 Å². The molecule has 0 bridgehead atoms. The highest BCUT2D eigenvalue weighted by atomic mass is 79.9. The molecule has 17 aromatic rings. The van der Waals surface area contributed by atoms with Crippen molar-refractivity contribution in [2.75, 3.05) is 0 Å². The molecule has 4 atom stereocenters. The van der Waals surface area contributed by atoms with Crippen molar-refractivity contribution in [2.24, 2.45) is 0 Å². The number of benzene rings is 14. The molecular weight excluding hydrogens is 1730 g/mol. The molecule has 4 heterocycles. The van der Waals surface area contributed by atoms with E-state index in [1.165, 1.54) is 31.1 Å². The number of hydrogen-bond acceptors (Lipinski definition) is 10. The van der Waals surface area contributed by atoms with Crippen LogP contribution in [0.25, 0.3) is 74.8 Å². The largest absolute Gasteiger partial charge is 0.456 e. The predicted octanol–water partition coefficient (Wildman–Crippen LogP) is 30.4. The van der Waals surface area contributed by atoms with Crippen molar-refractivity contribution >= 4 is 208 Å². The van der Waals surface area contributed by atoms with E-state index in [4.69, 9.17) is 60.5 Å². The predicted molar refractivity (Wildman–Crippen MR) is 461 cm³/mol. The van der Waals surface area contributed by atoms with Crippen LogP contribution in [0.2, 0.25) is 0 Å². The van der Waals surface area contributed by atoms with E-state index in [0.29, 0.717) is 60.3 Å². The number of hydrogen-bond donors (Lipinski definition) is 2. The first kappa shape index (κ1) is 77.3.